The van der Waals surface area contributed by atoms with Crippen molar-refractivity contribution < 1.29 is 9.53 Å². The molecule has 0 bridgehead atoms. The smallest absolute Gasteiger partial charge is 0.272 e. The first-order valence-corrected chi connectivity index (χ1v) is 10.1. The van der Waals surface area contributed by atoms with Crippen LogP contribution in [-0.2, 0) is 4.74 Å². The molecule has 4 rings (SSSR count). The fourth-order valence-corrected chi connectivity index (χ4v) is 3.78. The summed E-state index contributed by atoms with van der Waals surface area (Å²) in [7, 11) is 0. The Kier molecular flexibility index (Phi) is 6.01. The van der Waals surface area contributed by atoms with Crippen molar-refractivity contribution in [3.05, 3.63) is 42.4 Å². The molecular weight excluding hydrogens is 354 g/mol. The number of morpholine rings is 1. The van der Waals surface area contributed by atoms with Crippen LogP contribution in [0.4, 0.5) is 17.2 Å². The molecule has 1 amide bonds. The molecule has 2 saturated heterocycles. The molecule has 7 nitrogen and oxygen atoms in total. The molecule has 28 heavy (non-hydrogen) atoms. The molecule has 0 unspecified atom stereocenters. The molecular formula is C21H27N5O2. The zero-order valence-corrected chi connectivity index (χ0v) is 16.1. The van der Waals surface area contributed by atoms with Crippen molar-refractivity contribution in [1.82, 2.24) is 14.9 Å². The van der Waals surface area contributed by atoms with Crippen LogP contribution in [0.2, 0.25) is 0 Å². The number of nitrogens with zero attached hydrogens (tertiary/aromatic N) is 4. The average molecular weight is 381 g/mol. The first-order chi connectivity index (χ1) is 13.8. The van der Waals surface area contributed by atoms with Crippen LogP contribution in [0.15, 0.2) is 36.7 Å². The number of carbonyl (C=O) groups is 1. The fraction of sp³-hybridized carbons (Fsp3) is 0.476. The molecule has 148 valence electrons. The number of anilines is 3. The largest absolute Gasteiger partial charge is 0.378 e. The minimum atomic E-state index is -0.00573. The molecule has 1 N–H and O–H groups in total. The molecule has 2 aliphatic heterocycles. The second-order valence-electron chi connectivity index (χ2n) is 7.24. The fourth-order valence-electron chi connectivity index (χ4n) is 3.78. The van der Waals surface area contributed by atoms with Gasteiger partial charge in [0.1, 0.15) is 17.8 Å². The molecule has 0 spiro atoms. The third-order valence-electron chi connectivity index (χ3n) is 5.30. The Morgan fingerprint density at radius 3 is 2.50 bits per heavy atom. The van der Waals surface area contributed by atoms with E-state index in [0.29, 0.717) is 11.5 Å². The maximum absolute atomic E-state index is 12.9. The van der Waals surface area contributed by atoms with Crippen LogP contribution in [0.1, 0.15) is 36.2 Å². The SMILES string of the molecule is O=C(c1cc(Nc2ccccc2N2CCOCC2)ncn1)N1CCCCCC1. The van der Waals surface area contributed by atoms with Crippen LogP contribution in [0.25, 0.3) is 0 Å². The lowest BCUT2D eigenvalue weighted by atomic mass is 10.2. The van der Waals surface area contributed by atoms with E-state index in [4.69, 9.17) is 4.74 Å². The van der Waals surface area contributed by atoms with E-state index in [2.05, 4.69) is 26.3 Å². The second kappa shape index (κ2) is 9.01. The van der Waals surface area contributed by atoms with Gasteiger partial charge in [0.05, 0.1) is 24.6 Å². The number of hydrogen-bond acceptors (Lipinski definition) is 6. The maximum atomic E-state index is 12.9. The van der Waals surface area contributed by atoms with Gasteiger partial charge in [-0.25, -0.2) is 9.97 Å². The monoisotopic (exact) mass is 381 g/mol. The second-order valence-corrected chi connectivity index (χ2v) is 7.24. The van der Waals surface area contributed by atoms with E-state index in [0.717, 1.165) is 63.6 Å². The van der Waals surface area contributed by atoms with E-state index in [9.17, 15) is 4.79 Å². The standard InChI is InChI=1S/C21H27N5O2/c27-21(26-9-5-1-2-6-10-26)18-15-20(23-16-22-18)24-17-7-3-4-8-19(17)25-11-13-28-14-12-25/h3-4,7-8,15-16H,1-2,5-6,9-14H2,(H,22,23,24). The summed E-state index contributed by atoms with van der Waals surface area (Å²) in [6.45, 7) is 4.81. The molecule has 2 aromatic rings. The van der Waals surface area contributed by atoms with E-state index in [1.807, 2.05) is 23.1 Å². The number of likely N-dealkylation sites (tertiary alicyclic amines) is 1. The number of rotatable bonds is 4. The van der Waals surface area contributed by atoms with Gasteiger partial charge in [-0.15, -0.1) is 0 Å². The summed E-state index contributed by atoms with van der Waals surface area (Å²) in [6.07, 6.45) is 5.98. The summed E-state index contributed by atoms with van der Waals surface area (Å²) >= 11 is 0. The number of aromatic nitrogens is 2. The quantitative estimate of drug-likeness (QED) is 0.878. The molecule has 0 saturated carbocycles. The Morgan fingerprint density at radius 2 is 1.71 bits per heavy atom. The van der Waals surface area contributed by atoms with E-state index in [-0.39, 0.29) is 5.91 Å². The Labute approximate surface area is 165 Å². The van der Waals surface area contributed by atoms with E-state index in [1.54, 1.807) is 6.07 Å². The molecule has 0 atom stereocenters. The number of para-hydroxylation sites is 2. The summed E-state index contributed by atoms with van der Waals surface area (Å²) in [5, 5.41) is 3.38. The Bertz CT molecular complexity index is 799. The average Bonchev–Trinajstić information content (AvgIpc) is 3.04. The van der Waals surface area contributed by atoms with Crippen molar-refractivity contribution in [2.45, 2.75) is 25.7 Å². The van der Waals surface area contributed by atoms with Gasteiger partial charge in [0.15, 0.2) is 0 Å². The lowest BCUT2D eigenvalue weighted by molar-refractivity contribution is 0.0755. The summed E-state index contributed by atoms with van der Waals surface area (Å²) < 4.78 is 5.46. The van der Waals surface area contributed by atoms with Crippen LogP contribution >= 0.6 is 0 Å². The van der Waals surface area contributed by atoms with Crippen molar-refractivity contribution >= 4 is 23.1 Å². The van der Waals surface area contributed by atoms with E-state index in [1.165, 1.54) is 19.2 Å². The highest BCUT2D eigenvalue weighted by molar-refractivity contribution is 5.93. The Hall–Kier alpha value is -2.67. The topological polar surface area (TPSA) is 70.6 Å². The number of ether oxygens (including phenoxy) is 1. The normalized spacial score (nSPS) is 17.9. The van der Waals surface area contributed by atoms with Gasteiger partial charge in [0.2, 0.25) is 0 Å². The maximum Gasteiger partial charge on any atom is 0.272 e. The van der Waals surface area contributed by atoms with Gasteiger partial charge in [-0.2, -0.15) is 0 Å². The van der Waals surface area contributed by atoms with Gasteiger partial charge in [-0.3, -0.25) is 4.79 Å². The lowest BCUT2D eigenvalue weighted by Gasteiger charge is -2.30. The van der Waals surface area contributed by atoms with Crippen LogP contribution in [0.5, 0.6) is 0 Å². The molecule has 7 heteroatoms. The van der Waals surface area contributed by atoms with Gasteiger partial charge < -0.3 is 19.9 Å². The van der Waals surface area contributed by atoms with Crippen molar-refractivity contribution in [1.29, 1.82) is 0 Å². The highest BCUT2D eigenvalue weighted by Crippen LogP contribution is 2.28. The first kappa shape index (κ1) is 18.7. The zero-order chi connectivity index (χ0) is 19.2. The number of carbonyl (C=O) groups excluding carboxylic acids is 1. The van der Waals surface area contributed by atoms with E-state index >= 15 is 0 Å². The molecule has 1 aromatic carbocycles. The minimum absolute atomic E-state index is 0.00573. The van der Waals surface area contributed by atoms with Crippen LogP contribution in [0.3, 0.4) is 0 Å². The highest BCUT2D eigenvalue weighted by atomic mass is 16.5. The molecule has 2 fully saturated rings. The molecule has 1 aromatic heterocycles. The summed E-state index contributed by atoms with van der Waals surface area (Å²) in [5.41, 5.74) is 2.53. The predicted molar refractivity (Wildman–Crippen MR) is 109 cm³/mol. The van der Waals surface area contributed by atoms with Gasteiger partial charge in [0.25, 0.3) is 5.91 Å². The summed E-state index contributed by atoms with van der Waals surface area (Å²) in [5.74, 6) is 0.627. The highest BCUT2D eigenvalue weighted by Gasteiger charge is 2.20. The Balaban J connectivity index is 1.52. The number of nitrogens with one attached hydrogen (secondary N) is 1. The van der Waals surface area contributed by atoms with Crippen LogP contribution in [-0.4, -0.2) is 60.2 Å². The Morgan fingerprint density at radius 1 is 0.964 bits per heavy atom. The first-order valence-electron chi connectivity index (χ1n) is 10.1. The third-order valence-corrected chi connectivity index (χ3v) is 5.30. The zero-order valence-electron chi connectivity index (χ0n) is 16.1. The van der Waals surface area contributed by atoms with Gasteiger partial charge in [-0.1, -0.05) is 25.0 Å². The predicted octanol–water partition coefficient (Wildman–Crippen LogP) is 3.07. The molecule has 0 radical (unpaired) electrons. The van der Waals surface area contributed by atoms with Gasteiger partial charge >= 0.3 is 0 Å². The number of hydrogen-bond donors (Lipinski definition) is 1. The number of benzene rings is 1. The number of amides is 1. The van der Waals surface area contributed by atoms with Crippen molar-refractivity contribution in [3.63, 3.8) is 0 Å². The molecule has 0 aliphatic carbocycles. The van der Waals surface area contributed by atoms with E-state index < -0.39 is 0 Å². The summed E-state index contributed by atoms with van der Waals surface area (Å²) in [4.78, 5) is 25.6. The summed E-state index contributed by atoms with van der Waals surface area (Å²) in [6, 6.07) is 9.91. The van der Waals surface area contributed by atoms with Crippen molar-refractivity contribution in [3.8, 4) is 0 Å². The third kappa shape index (κ3) is 4.42. The van der Waals surface area contributed by atoms with Crippen molar-refractivity contribution in [2.75, 3.05) is 49.6 Å². The minimum Gasteiger partial charge on any atom is -0.378 e. The van der Waals surface area contributed by atoms with Crippen molar-refractivity contribution in [2.24, 2.45) is 0 Å². The van der Waals surface area contributed by atoms with Gasteiger partial charge in [-0.05, 0) is 25.0 Å². The van der Waals surface area contributed by atoms with Crippen LogP contribution in [0, 0.1) is 0 Å². The molecule has 2 aliphatic rings. The van der Waals surface area contributed by atoms with Crippen LogP contribution < -0.4 is 10.2 Å². The molecule has 3 heterocycles. The van der Waals surface area contributed by atoms with Gasteiger partial charge in [0, 0.05) is 32.2 Å². The lowest BCUT2D eigenvalue weighted by Crippen LogP contribution is -2.36.